The van der Waals surface area contributed by atoms with Crippen LogP contribution in [-0.2, 0) is 0 Å². The summed E-state index contributed by atoms with van der Waals surface area (Å²) in [4.78, 5) is 8.31. The van der Waals surface area contributed by atoms with Gasteiger partial charge in [0.2, 0.25) is 4.77 Å². The van der Waals surface area contributed by atoms with Gasteiger partial charge < -0.3 is 0 Å². The smallest absolute Gasteiger partial charge is 0.216 e. The van der Waals surface area contributed by atoms with Crippen LogP contribution in [0.15, 0.2) is 24.5 Å². The van der Waals surface area contributed by atoms with Crippen LogP contribution in [0.3, 0.4) is 0 Å². The Morgan fingerprint density at radius 2 is 2.07 bits per heavy atom. The maximum atomic E-state index is 5.19. The first-order valence-corrected chi connectivity index (χ1v) is 5.34. The maximum absolute atomic E-state index is 5.19. The zero-order valence-electron chi connectivity index (χ0n) is 8.05. The molecule has 0 radical (unpaired) electrons. The van der Waals surface area contributed by atoms with E-state index in [4.69, 9.17) is 12.2 Å². The SMILES string of the molecule is S=c1nc(-c2ccncc2)[nH]n1C1CC1. The third kappa shape index (κ3) is 1.59. The Bertz CT molecular complexity index is 524. The lowest BCUT2D eigenvalue weighted by atomic mass is 10.3. The van der Waals surface area contributed by atoms with Gasteiger partial charge in [0.1, 0.15) is 0 Å². The van der Waals surface area contributed by atoms with Crippen molar-refractivity contribution in [1.29, 1.82) is 0 Å². The van der Waals surface area contributed by atoms with Crippen molar-refractivity contribution in [2.24, 2.45) is 0 Å². The summed E-state index contributed by atoms with van der Waals surface area (Å²) in [5.41, 5.74) is 1.02. The molecule has 1 aliphatic carbocycles. The van der Waals surface area contributed by atoms with Crippen LogP contribution in [0.5, 0.6) is 0 Å². The minimum atomic E-state index is 0.542. The molecule has 1 saturated carbocycles. The van der Waals surface area contributed by atoms with Crippen LogP contribution in [0.25, 0.3) is 11.4 Å². The van der Waals surface area contributed by atoms with Crippen LogP contribution >= 0.6 is 12.2 Å². The summed E-state index contributed by atoms with van der Waals surface area (Å²) < 4.78 is 2.62. The second-order valence-electron chi connectivity index (χ2n) is 3.69. The van der Waals surface area contributed by atoms with Gasteiger partial charge in [-0.2, -0.15) is 4.98 Å². The molecule has 1 aliphatic rings. The summed E-state index contributed by atoms with van der Waals surface area (Å²) in [6.07, 6.45) is 5.91. The highest BCUT2D eigenvalue weighted by atomic mass is 32.1. The third-order valence-electron chi connectivity index (χ3n) is 2.51. The summed E-state index contributed by atoms with van der Waals surface area (Å²) in [7, 11) is 0. The molecule has 0 saturated heterocycles. The lowest BCUT2D eigenvalue weighted by Gasteiger charge is -1.97. The van der Waals surface area contributed by atoms with E-state index < -0.39 is 0 Å². The van der Waals surface area contributed by atoms with Gasteiger partial charge in [-0.25, -0.2) is 0 Å². The van der Waals surface area contributed by atoms with Crippen LogP contribution < -0.4 is 0 Å². The average molecular weight is 218 g/mol. The van der Waals surface area contributed by atoms with E-state index in [0.717, 1.165) is 11.4 Å². The molecule has 1 fully saturated rings. The third-order valence-corrected chi connectivity index (χ3v) is 2.79. The van der Waals surface area contributed by atoms with E-state index in [2.05, 4.69) is 15.1 Å². The lowest BCUT2D eigenvalue weighted by Crippen LogP contribution is -1.95. The number of H-pyrrole nitrogens is 1. The van der Waals surface area contributed by atoms with Gasteiger partial charge in [-0.3, -0.25) is 14.8 Å². The zero-order valence-corrected chi connectivity index (χ0v) is 8.87. The first-order valence-electron chi connectivity index (χ1n) is 4.93. The first kappa shape index (κ1) is 8.79. The largest absolute Gasteiger partial charge is 0.279 e. The molecule has 0 aliphatic heterocycles. The van der Waals surface area contributed by atoms with Gasteiger partial charge >= 0.3 is 0 Å². The Kier molecular flexibility index (Phi) is 1.92. The highest BCUT2D eigenvalue weighted by Crippen LogP contribution is 2.34. The van der Waals surface area contributed by atoms with Gasteiger partial charge in [0.25, 0.3) is 0 Å². The van der Waals surface area contributed by atoms with Gasteiger partial charge in [0.05, 0.1) is 6.04 Å². The number of hydrogen-bond donors (Lipinski definition) is 1. The molecule has 0 unspecified atom stereocenters. The van der Waals surface area contributed by atoms with Crippen molar-refractivity contribution >= 4 is 12.2 Å². The second-order valence-corrected chi connectivity index (χ2v) is 4.06. The fourth-order valence-corrected chi connectivity index (χ4v) is 1.84. The Morgan fingerprint density at radius 3 is 2.73 bits per heavy atom. The quantitative estimate of drug-likeness (QED) is 0.787. The average Bonchev–Trinajstić information content (AvgIpc) is 3.04. The molecule has 0 aromatic carbocycles. The Hall–Kier alpha value is -1.49. The molecular weight excluding hydrogens is 208 g/mol. The highest BCUT2D eigenvalue weighted by Gasteiger charge is 2.25. The Balaban J connectivity index is 2.06. The van der Waals surface area contributed by atoms with E-state index in [1.165, 1.54) is 12.8 Å². The number of aromatic amines is 1. The molecule has 2 aromatic heterocycles. The Labute approximate surface area is 92.0 Å². The minimum Gasteiger partial charge on any atom is -0.279 e. The molecule has 3 rings (SSSR count). The lowest BCUT2D eigenvalue weighted by molar-refractivity contribution is 0.632. The number of hydrogen-bond acceptors (Lipinski definition) is 3. The molecule has 0 spiro atoms. The summed E-state index contributed by atoms with van der Waals surface area (Å²) in [6, 6.07) is 4.39. The molecular formula is C10H10N4S. The van der Waals surface area contributed by atoms with Crippen LogP contribution in [0.2, 0.25) is 0 Å². The molecule has 76 valence electrons. The van der Waals surface area contributed by atoms with E-state index in [1.807, 2.05) is 16.8 Å². The predicted octanol–water partition coefficient (Wildman–Crippen LogP) is 2.34. The van der Waals surface area contributed by atoms with E-state index in [0.29, 0.717) is 10.8 Å². The van der Waals surface area contributed by atoms with Gasteiger partial charge in [-0.15, -0.1) is 0 Å². The standard InChI is InChI=1S/C10H10N4S/c15-10-12-9(7-3-5-11-6-4-7)13-14(10)8-1-2-8/h3-6,8H,1-2H2,(H,12,13,15). The van der Waals surface area contributed by atoms with Gasteiger partial charge in [-0.1, -0.05) is 0 Å². The number of aromatic nitrogens is 4. The minimum absolute atomic E-state index is 0.542. The van der Waals surface area contributed by atoms with Crippen molar-refractivity contribution in [3.63, 3.8) is 0 Å². The number of pyridine rings is 1. The normalized spacial score (nSPS) is 15.5. The van der Waals surface area contributed by atoms with Crippen LogP contribution in [-0.4, -0.2) is 19.7 Å². The van der Waals surface area contributed by atoms with Crippen molar-refractivity contribution in [3.8, 4) is 11.4 Å². The molecule has 1 N–H and O–H groups in total. The summed E-state index contributed by atoms with van der Waals surface area (Å²) >= 11 is 5.19. The molecule has 2 heterocycles. The predicted molar refractivity (Wildman–Crippen MR) is 58.9 cm³/mol. The molecule has 0 bridgehead atoms. The van der Waals surface area contributed by atoms with E-state index in [-0.39, 0.29) is 0 Å². The summed E-state index contributed by atoms with van der Waals surface area (Å²) in [5.74, 6) is 0.828. The van der Waals surface area contributed by atoms with Crippen molar-refractivity contribution in [3.05, 3.63) is 29.3 Å². The van der Waals surface area contributed by atoms with Crippen LogP contribution in [0.4, 0.5) is 0 Å². The first-order chi connectivity index (χ1) is 7.34. The topological polar surface area (TPSA) is 46.5 Å². The second kappa shape index (κ2) is 3.27. The number of nitrogens with zero attached hydrogens (tertiary/aromatic N) is 3. The monoisotopic (exact) mass is 218 g/mol. The zero-order chi connectivity index (χ0) is 10.3. The van der Waals surface area contributed by atoms with E-state index in [1.54, 1.807) is 12.4 Å². The summed E-state index contributed by atoms with van der Waals surface area (Å²) in [6.45, 7) is 0. The fourth-order valence-electron chi connectivity index (χ4n) is 1.56. The van der Waals surface area contributed by atoms with Gasteiger partial charge in [-0.05, 0) is 37.2 Å². The van der Waals surface area contributed by atoms with Crippen molar-refractivity contribution < 1.29 is 0 Å². The Morgan fingerprint density at radius 1 is 1.33 bits per heavy atom. The molecule has 0 amide bonds. The molecule has 4 nitrogen and oxygen atoms in total. The van der Waals surface area contributed by atoms with Crippen molar-refractivity contribution in [1.82, 2.24) is 19.7 Å². The van der Waals surface area contributed by atoms with Crippen molar-refractivity contribution in [2.45, 2.75) is 18.9 Å². The number of rotatable bonds is 2. The molecule has 5 heteroatoms. The molecule has 2 aromatic rings. The maximum Gasteiger partial charge on any atom is 0.216 e. The fraction of sp³-hybridized carbons (Fsp3) is 0.300. The van der Waals surface area contributed by atoms with E-state index >= 15 is 0 Å². The van der Waals surface area contributed by atoms with Crippen molar-refractivity contribution in [2.75, 3.05) is 0 Å². The van der Waals surface area contributed by atoms with E-state index in [9.17, 15) is 0 Å². The van der Waals surface area contributed by atoms with Crippen LogP contribution in [0.1, 0.15) is 18.9 Å². The molecule has 0 atom stereocenters. The van der Waals surface area contributed by atoms with Crippen LogP contribution in [0, 0.1) is 4.77 Å². The molecule has 15 heavy (non-hydrogen) atoms. The summed E-state index contributed by atoms with van der Waals surface area (Å²) in [5, 5.41) is 3.23. The van der Waals surface area contributed by atoms with Gasteiger partial charge in [0.15, 0.2) is 5.82 Å². The highest BCUT2D eigenvalue weighted by molar-refractivity contribution is 7.71. The number of nitrogens with one attached hydrogen (secondary N) is 1. The van der Waals surface area contributed by atoms with Gasteiger partial charge in [0, 0.05) is 18.0 Å².